The summed E-state index contributed by atoms with van der Waals surface area (Å²) < 4.78 is 30.4. The largest absolute Gasteiger partial charge is 0.483 e. The molecule has 0 bridgehead atoms. The number of rotatable bonds is 7. The predicted molar refractivity (Wildman–Crippen MR) is 111 cm³/mol. The lowest BCUT2D eigenvalue weighted by atomic mass is 10.1. The number of nitrogens with zero attached hydrogens (tertiary/aromatic N) is 1. The molecular weight excluding hydrogens is 418 g/mol. The highest BCUT2D eigenvalue weighted by atomic mass is 35.5. The molecule has 2 rings (SSSR count). The first-order valence-corrected chi connectivity index (χ1v) is 10.8. The summed E-state index contributed by atoms with van der Waals surface area (Å²) in [5, 5.41) is 0.327. The Kier molecular flexibility index (Phi) is 7.46. The van der Waals surface area contributed by atoms with Gasteiger partial charge in [0.25, 0.3) is 11.8 Å². The fourth-order valence-electron chi connectivity index (χ4n) is 2.54. The van der Waals surface area contributed by atoms with E-state index >= 15 is 0 Å². The summed E-state index contributed by atoms with van der Waals surface area (Å²) in [4.78, 5) is 24.1. The van der Waals surface area contributed by atoms with Gasteiger partial charge in [0.15, 0.2) is 6.61 Å². The predicted octanol–water partition coefficient (Wildman–Crippen LogP) is 1.95. The molecule has 0 aliphatic carbocycles. The van der Waals surface area contributed by atoms with Crippen molar-refractivity contribution in [3.05, 3.63) is 58.6 Å². The van der Waals surface area contributed by atoms with Gasteiger partial charge in [0.05, 0.1) is 11.9 Å². The first-order chi connectivity index (χ1) is 13.6. The van der Waals surface area contributed by atoms with Gasteiger partial charge < -0.3 is 4.74 Å². The number of carbonyl (C=O) groups excluding carboxylic acids is 2. The van der Waals surface area contributed by atoms with Gasteiger partial charge in [-0.15, -0.1) is 0 Å². The van der Waals surface area contributed by atoms with Crippen molar-refractivity contribution in [1.82, 2.24) is 10.9 Å². The lowest BCUT2D eigenvalue weighted by Crippen LogP contribution is -2.48. The highest BCUT2D eigenvalue weighted by Crippen LogP contribution is 2.22. The molecular formula is C19H22ClN3O5S. The van der Waals surface area contributed by atoms with Crippen molar-refractivity contribution in [1.29, 1.82) is 0 Å². The Labute approximate surface area is 174 Å². The Hall–Kier alpha value is -2.78. The molecule has 10 heteroatoms. The smallest absolute Gasteiger partial charge is 0.276 e. The average molecular weight is 440 g/mol. The number of anilines is 1. The second-order valence-corrected chi connectivity index (χ2v) is 8.70. The minimum absolute atomic E-state index is 0.236. The SMILES string of the molecule is Cc1cccc(C)c1OCC(=O)NNC(=O)CN(c1cccc(Cl)c1)S(C)(=O)=O. The number of carbonyl (C=O) groups is 2. The van der Waals surface area contributed by atoms with Crippen LogP contribution in [0.3, 0.4) is 0 Å². The van der Waals surface area contributed by atoms with Crippen LogP contribution in [0.4, 0.5) is 5.69 Å². The molecule has 0 radical (unpaired) electrons. The normalized spacial score (nSPS) is 10.9. The molecule has 2 N–H and O–H groups in total. The number of sulfonamides is 1. The van der Waals surface area contributed by atoms with Crippen molar-refractivity contribution in [2.75, 3.05) is 23.7 Å². The van der Waals surface area contributed by atoms with Crippen LogP contribution in [0.1, 0.15) is 11.1 Å². The van der Waals surface area contributed by atoms with E-state index in [-0.39, 0.29) is 12.3 Å². The van der Waals surface area contributed by atoms with Gasteiger partial charge in [0.2, 0.25) is 10.0 Å². The second-order valence-electron chi connectivity index (χ2n) is 6.36. The lowest BCUT2D eigenvalue weighted by Gasteiger charge is -2.22. The summed E-state index contributed by atoms with van der Waals surface area (Å²) in [6.07, 6.45) is 0.970. The number of halogens is 1. The van der Waals surface area contributed by atoms with E-state index in [1.54, 1.807) is 12.1 Å². The number of nitrogens with one attached hydrogen (secondary N) is 2. The third-order valence-electron chi connectivity index (χ3n) is 3.88. The molecule has 0 aliphatic heterocycles. The molecule has 0 saturated heterocycles. The number of benzene rings is 2. The van der Waals surface area contributed by atoms with Crippen LogP contribution < -0.4 is 19.9 Å². The summed E-state index contributed by atoms with van der Waals surface area (Å²) in [6.45, 7) is 2.88. The topological polar surface area (TPSA) is 105 Å². The van der Waals surface area contributed by atoms with Crippen LogP contribution >= 0.6 is 11.6 Å². The first kappa shape index (κ1) is 22.5. The van der Waals surface area contributed by atoms with E-state index in [4.69, 9.17) is 16.3 Å². The summed E-state index contributed by atoms with van der Waals surface area (Å²) in [7, 11) is -3.75. The number of amides is 2. The minimum atomic E-state index is -3.75. The maximum absolute atomic E-state index is 12.1. The Balaban J connectivity index is 1.92. The third-order valence-corrected chi connectivity index (χ3v) is 5.26. The molecule has 2 aromatic carbocycles. The van der Waals surface area contributed by atoms with Gasteiger partial charge in [-0.1, -0.05) is 35.9 Å². The highest BCUT2D eigenvalue weighted by molar-refractivity contribution is 7.92. The molecule has 0 aromatic heterocycles. The van der Waals surface area contributed by atoms with Crippen molar-refractivity contribution < 1.29 is 22.7 Å². The standard InChI is InChI=1S/C19H22ClN3O5S/c1-13-6-4-7-14(2)19(13)28-12-18(25)22-21-17(24)11-23(29(3,26)27)16-9-5-8-15(20)10-16/h4-10H,11-12H2,1-3H3,(H,21,24)(H,22,25). The zero-order valence-electron chi connectivity index (χ0n) is 16.2. The number of hydrogen-bond donors (Lipinski definition) is 2. The van der Waals surface area contributed by atoms with Crippen molar-refractivity contribution in [2.45, 2.75) is 13.8 Å². The maximum Gasteiger partial charge on any atom is 0.276 e. The molecule has 0 fully saturated rings. The van der Waals surface area contributed by atoms with Crippen molar-refractivity contribution in [3.8, 4) is 5.75 Å². The van der Waals surface area contributed by atoms with Gasteiger partial charge in [-0.2, -0.15) is 0 Å². The average Bonchev–Trinajstić information content (AvgIpc) is 2.63. The van der Waals surface area contributed by atoms with Crippen LogP contribution in [0.15, 0.2) is 42.5 Å². The molecule has 0 atom stereocenters. The Morgan fingerprint density at radius 1 is 1.03 bits per heavy atom. The van der Waals surface area contributed by atoms with Gasteiger partial charge in [0.1, 0.15) is 12.3 Å². The third kappa shape index (κ3) is 6.65. The van der Waals surface area contributed by atoms with Crippen LogP contribution in [0.2, 0.25) is 5.02 Å². The van der Waals surface area contributed by atoms with Gasteiger partial charge >= 0.3 is 0 Å². The van der Waals surface area contributed by atoms with Gasteiger partial charge in [0, 0.05) is 5.02 Å². The van der Waals surface area contributed by atoms with Crippen LogP contribution in [0.25, 0.3) is 0 Å². The minimum Gasteiger partial charge on any atom is -0.483 e. The monoisotopic (exact) mass is 439 g/mol. The van der Waals surface area contributed by atoms with E-state index in [1.165, 1.54) is 12.1 Å². The lowest BCUT2D eigenvalue weighted by molar-refractivity contribution is -0.129. The van der Waals surface area contributed by atoms with E-state index in [0.717, 1.165) is 21.7 Å². The second kappa shape index (κ2) is 9.62. The highest BCUT2D eigenvalue weighted by Gasteiger charge is 2.21. The van der Waals surface area contributed by atoms with Crippen LogP contribution in [-0.4, -0.2) is 39.6 Å². The van der Waals surface area contributed by atoms with Crippen LogP contribution in [0, 0.1) is 13.8 Å². The summed E-state index contributed by atoms with van der Waals surface area (Å²) in [6, 6.07) is 11.7. The first-order valence-electron chi connectivity index (χ1n) is 8.58. The van der Waals surface area contributed by atoms with Crippen molar-refractivity contribution >= 4 is 39.1 Å². The molecule has 8 nitrogen and oxygen atoms in total. The van der Waals surface area contributed by atoms with E-state index < -0.39 is 28.4 Å². The van der Waals surface area contributed by atoms with Crippen molar-refractivity contribution in [2.24, 2.45) is 0 Å². The Morgan fingerprint density at radius 3 is 2.21 bits per heavy atom. The molecule has 0 saturated carbocycles. The summed E-state index contributed by atoms with van der Waals surface area (Å²) >= 11 is 5.89. The van der Waals surface area contributed by atoms with Crippen LogP contribution in [-0.2, 0) is 19.6 Å². The van der Waals surface area contributed by atoms with Crippen LogP contribution in [0.5, 0.6) is 5.75 Å². The van der Waals surface area contributed by atoms with E-state index in [2.05, 4.69) is 10.9 Å². The van der Waals surface area contributed by atoms with E-state index in [1.807, 2.05) is 32.0 Å². The summed E-state index contributed by atoms with van der Waals surface area (Å²) in [5.41, 5.74) is 6.38. The molecule has 0 unspecified atom stereocenters. The fourth-order valence-corrected chi connectivity index (χ4v) is 3.57. The van der Waals surface area contributed by atoms with E-state index in [0.29, 0.717) is 10.8 Å². The molecule has 156 valence electrons. The molecule has 2 aromatic rings. The zero-order chi connectivity index (χ0) is 21.6. The molecule has 29 heavy (non-hydrogen) atoms. The number of hydrazine groups is 1. The Morgan fingerprint density at radius 2 is 1.62 bits per heavy atom. The summed E-state index contributed by atoms with van der Waals surface area (Å²) in [5.74, 6) is -0.719. The molecule has 2 amide bonds. The van der Waals surface area contributed by atoms with Crippen molar-refractivity contribution in [3.63, 3.8) is 0 Å². The zero-order valence-corrected chi connectivity index (χ0v) is 17.8. The molecule has 0 spiro atoms. The quantitative estimate of drug-likeness (QED) is 0.641. The Bertz CT molecular complexity index is 990. The number of para-hydroxylation sites is 1. The van der Waals surface area contributed by atoms with Gasteiger partial charge in [-0.25, -0.2) is 8.42 Å². The number of ether oxygens (including phenoxy) is 1. The molecule has 0 heterocycles. The van der Waals surface area contributed by atoms with Gasteiger partial charge in [-0.3, -0.25) is 24.7 Å². The molecule has 0 aliphatic rings. The van der Waals surface area contributed by atoms with E-state index in [9.17, 15) is 18.0 Å². The fraction of sp³-hybridized carbons (Fsp3) is 0.263. The van der Waals surface area contributed by atoms with Gasteiger partial charge in [-0.05, 0) is 43.2 Å². The maximum atomic E-state index is 12.1. The number of hydrogen-bond acceptors (Lipinski definition) is 5. The number of aryl methyl sites for hydroxylation is 2.